The minimum Gasteiger partial charge on any atom is -0.462 e. The molecule has 0 N–H and O–H groups in total. The van der Waals surface area contributed by atoms with Crippen LogP contribution in [-0.2, 0) is 28.6 Å². The zero-order valence-corrected chi connectivity index (χ0v) is 53.2. The molecule has 0 saturated carbocycles. The van der Waals surface area contributed by atoms with E-state index in [-0.39, 0.29) is 31.1 Å². The number of ether oxygens (including phenoxy) is 3. The van der Waals surface area contributed by atoms with E-state index in [9.17, 15) is 14.4 Å². The molecule has 0 aliphatic rings. The molecule has 0 rings (SSSR count). The average Bonchev–Trinajstić information content (AvgIpc) is 3.45. The molecule has 6 nitrogen and oxygen atoms in total. The molecule has 0 aliphatic carbocycles. The van der Waals surface area contributed by atoms with Gasteiger partial charge in [-0.25, -0.2) is 0 Å². The zero-order chi connectivity index (χ0) is 57.1. The van der Waals surface area contributed by atoms with Crippen LogP contribution in [0.5, 0.6) is 0 Å². The summed E-state index contributed by atoms with van der Waals surface area (Å²) in [5.41, 5.74) is 0. The van der Waals surface area contributed by atoms with Gasteiger partial charge in [-0.3, -0.25) is 14.4 Å². The van der Waals surface area contributed by atoms with Gasteiger partial charge >= 0.3 is 17.9 Å². The number of unbranched alkanes of at least 4 members (excludes halogenated alkanes) is 46. The van der Waals surface area contributed by atoms with Crippen molar-refractivity contribution >= 4 is 17.9 Å². The molecule has 1 atom stereocenters. The van der Waals surface area contributed by atoms with E-state index in [0.717, 1.165) is 70.6 Å². The first kappa shape index (κ1) is 76.4. The van der Waals surface area contributed by atoms with Gasteiger partial charge in [-0.15, -0.1) is 0 Å². The Bertz CT molecular complexity index is 1360. The van der Waals surface area contributed by atoms with Crippen molar-refractivity contribution in [3.8, 4) is 0 Å². The molecule has 0 fully saturated rings. The van der Waals surface area contributed by atoms with E-state index >= 15 is 0 Å². The minimum atomic E-state index is -0.773. The third-order valence-corrected chi connectivity index (χ3v) is 15.8. The Kier molecular flexibility index (Phi) is 65.6. The first-order chi connectivity index (χ1) is 39.0. The van der Waals surface area contributed by atoms with Crippen LogP contribution in [0.25, 0.3) is 0 Å². The summed E-state index contributed by atoms with van der Waals surface area (Å²) >= 11 is 0. The summed E-state index contributed by atoms with van der Waals surface area (Å²) in [5.74, 6) is -0.854. The van der Waals surface area contributed by atoms with Gasteiger partial charge in [-0.05, 0) is 83.5 Å². The molecule has 0 aliphatic heterocycles. The second-order valence-corrected chi connectivity index (χ2v) is 23.8. The van der Waals surface area contributed by atoms with Crippen molar-refractivity contribution in [2.45, 2.75) is 386 Å². The number of carbonyl (C=O) groups is 3. The second-order valence-electron chi connectivity index (χ2n) is 23.8. The van der Waals surface area contributed by atoms with Gasteiger partial charge in [0.2, 0.25) is 0 Å². The van der Waals surface area contributed by atoms with E-state index in [1.165, 1.54) is 270 Å². The summed E-state index contributed by atoms with van der Waals surface area (Å²) < 4.78 is 16.9. The molecule has 0 aromatic carbocycles. The Balaban J connectivity index is 4.14. The Morgan fingerprint density at radius 3 is 0.722 bits per heavy atom. The summed E-state index contributed by atoms with van der Waals surface area (Å²) in [7, 11) is 0. The quantitative estimate of drug-likeness (QED) is 0.0261. The summed E-state index contributed by atoms with van der Waals surface area (Å²) in [5, 5.41) is 0. The molecule has 0 bridgehead atoms. The van der Waals surface area contributed by atoms with Gasteiger partial charge in [0.1, 0.15) is 13.2 Å². The van der Waals surface area contributed by atoms with Crippen molar-refractivity contribution < 1.29 is 28.6 Å². The average molecular weight is 1110 g/mol. The molecule has 79 heavy (non-hydrogen) atoms. The van der Waals surface area contributed by atoms with E-state index < -0.39 is 6.10 Å². The molecule has 6 heteroatoms. The van der Waals surface area contributed by atoms with Gasteiger partial charge in [0.05, 0.1) is 0 Å². The Labute approximate surface area is 492 Å². The number of hydrogen-bond donors (Lipinski definition) is 0. The SMILES string of the molecule is CCCCCCC/C=C\C/C=C\C/C=C\CCCCCCCCCCCCC(=O)OC(COC(=O)CCCCCCCCCCC)COC(=O)CCCCCCCCCCCCCCCCC/C=C\CCCCCCCCCC. The van der Waals surface area contributed by atoms with E-state index in [1.54, 1.807) is 0 Å². The summed E-state index contributed by atoms with van der Waals surface area (Å²) in [4.78, 5) is 38.3. The molecular formula is C73H134O6. The van der Waals surface area contributed by atoms with Crippen molar-refractivity contribution in [2.24, 2.45) is 0 Å². The van der Waals surface area contributed by atoms with Gasteiger partial charge in [-0.1, -0.05) is 326 Å². The highest BCUT2D eigenvalue weighted by atomic mass is 16.6. The van der Waals surface area contributed by atoms with Gasteiger partial charge in [0, 0.05) is 19.3 Å². The van der Waals surface area contributed by atoms with Crippen molar-refractivity contribution in [3.63, 3.8) is 0 Å². The van der Waals surface area contributed by atoms with Crippen LogP contribution in [0.4, 0.5) is 0 Å². The topological polar surface area (TPSA) is 78.9 Å². The molecule has 0 aromatic rings. The molecule has 0 heterocycles. The van der Waals surface area contributed by atoms with Crippen LogP contribution >= 0.6 is 0 Å². The van der Waals surface area contributed by atoms with E-state index in [0.29, 0.717) is 19.3 Å². The monoisotopic (exact) mass is 1110 g/mol. The van der Waals surface area contributed by atoms with Crippen molar-refractivity contribution in [3.05, 3.63) is 48.6 Å². The third kappa shape index (κ3) is 66.1. The molecule has 1 unspecified atom stereocenters. The van der Waals surface area contributed by atoms with Crippen LogP contribution in [0.3, 0.4) is 0 Å². The van der Waals surface area contributed by atoms with E-state index in [2.05, 4.69) is 69.4 Å². The van der Waals surface area contributed by atoms with Crippen LogP contribution in [0.1, 0.15) is 380 Å². The summed E-state index contributed by atoms with van der Waals surface area (Å²) in [6.07, 6.45) is 85.8. The number of hydrogen-bond acceptors (Lipinski definition) is 6. The fraction of sp³-hybridized carbons (Fsp3) is 0.849. The lowest BCUT2D eigenvalue weighted by Crippen LogP contribution is -2.30. The lowest BCUT2D eigenvalue weighted by atomic mass is 10.0. The second kappa shape index (κ2) is 67.9. The molecule has 0 saturated heterocycles. The van der Waals surface area contributed by atoms with Gasteiger partial charge in [0.15, 0.2) is 6.10 Å². The van der Waals surface area contributed by atoms with Crippen LogP contribution in [-0.4, -0.2) is 37.2 Å². The normalized spacial score (nSPS) is 12.3. The molecule has 0 amide bonds. The van der Waals surface area contributed by atoms with Gasteiger partial charge < -0.3 is 14.2 Å². The van der Waals surface area contributed by atoms with Crippen LogP contribution in [0.15, 0.2) is 48.6 Å². The number of rotatable bonds is 65. The molecule has 0 aromatic heterocycles. The minimum absolute atomic E-state index is 0.0703. The smallest absolute Gasteiger partial charge is 0.306 e. The van der Waals surface area contributed by atoms with Gasteiger partial charge in [-0.2, -0.15) is 0 Å². The number of allylic oxidation sites excluding steroid dienone is 8. The Morgan fingerprint density at radius 2 is 0.456 bits per heavy atom. The molecule has 0 radical (unpaired) electrons. The summed E-state index contributed by atoms with van der Waals surface area (Å²) in [6, 6.07) is 0. The van der Waals surface area contributed by atoms with Crippen molar-refractivity contribution in [1.29, 1.82) is 0 Å². The number of carbonyl (C=O) groups excluding carboxylic acids is 3. The maximum Gasteiger partial charge on any atom is 0.306 e. The largest absolute Gasteiger partial charge is 0.462 e. The van der Waals surface area contributed by atoms with Crippen LogP contribution in [0.2, 0.25) is 0 Å². The first-order valence-corrected chi connectivity index (χ1v) is 35.1. The summed E-state index contributed by atoms with van der Waals surface area (Å²) in [6.45, 7) is 6.66. The van der Waals surface area contributed by atoms with Crippen LogP contribution in [0, 0.1) is 0 Å². The predicted octanol–water partition coefficient (Wildman–Crippen LogP) is 24.1. The zero-order valence-electron chi connectivity index (χ0n) is 53.2. The molecule has 0 spiro atoms. The van der Waals surface area contributed by atoms with Crippen LogP contribution < -0.4 is 0 Å². The maximum absolute atomic E-state index is 12.9. The standard InChI is InChI=1S/C73H134O6/c1-4-7-10-13-16-19-21-23-25-27-29-31-33-35-36-38-39-41-43-45-47-49-51-54-57-60-63-66-72(75)78-69-70(68-77-71(74)65-62-59-56-53-18-15-12-9-6-3)79-73(76)67-64-61-58-55-52-50-48-46-44-42-40-37-34-32-30-28-26-24-22-20-17-14-11-8-5-2/h22,24,27-30,34,37,70H,4-21,23,25-26,31-33,35-36,38-69H2,1-3H3/b24-22-,29-27-,30-28-,37-34-. The highest BCUT2D eigenvalue weighted by molar-refractivity contribution is 5.71. The Hall–Kier alpha value is -2.63. The predicted molar refractivity (Wildman–Crippen MR) is 344 cm³/mol. The van der Waals surface area contributed by atoms with Gasteiger partial charge in [0.25, 0.3) is 0 Å². The Morgan fingerprint density at radius 1 is 0.253 bits per heavy atom. The first-order valence-electron chi connectivity index (χ1n) is 35.1. The van der Waals surface area contributed by atoms with Crippen molar-refractivity contribution in [2.75, 3.05) is 13.2 Å². The highest BCUT2D eigenvalue weighted by Crippen LogP contribution is 2.18. The lowest BCUT2D eigenvalue weighted by molar-refractivity contribution is -0.167. The fourth-order valence-electron chi connectivity index (χ4n) is 10.5. The number of esters is 3. The molecular weight excluding hydrogens is 973 g/mol. The van der Waals surface area contributed by atoms with E-state index in [1.807, 2.05) is 0 Å². The van der Waals surface area contributed by atoms with E-state index in [4.69, 9.17) is 14.2 Å². The molecule has 462 valence electrons. The fourth-order valence-corrected chi connectivity index (χ4v) is 10.5. The van der Waals surface area contributed by atoms with Crippen molar-refractivity contribution in [1.82, 2.24) is 0 Å². The highest BCUT2D eigenvalue weighted by Gasteiger charge is 2.19. The lowest BCUT2D eigenvalue weighted by Gasteiger charge is -2.18. The third-order valence-electron chi connectivity index (χ3n) is 15.8. The maximum atomic E-state index is 12.9.